The summed E-state index contributed by atoms with van der Waals surface area (Å²) in [7, 11) is 0. The molecule has 0 aliphatic carbocycles. The average molecular weight is 243 g/mol. The number of hydrogen-bond donors (Lipinski definition) is 1. The fourth-order valence-corrected chi connectivity index (χ4v) is 2.10. The van der Waals surface area contributed by atoms with Crippen molar-refractivity contribution < 1.29 is 18.0 Å². The smallest absolute Gasteiger partial charge is 0.325 e. The molecule has 1 heterocycles. The number of rotatable bonds is 2. The summed E-state index contributed by atoms with van der Waals surface area (Å²) in [6, 6.07) is 6.87. The summed E-state index contributed by atoms with van der Waals surface area (Å²) in [4.78, 5) is 11.8. The summed E-state index contributed by atoms with van der Waals surface area (Å²) >= 11 is 0. The highest BCUT2D eigenvalue weighted by Crippen LogP contribution is 2.42. The summed E-state index contributed by atoms with van der Waals surface area (Å²) in [6.07, 6.45) is -5.41. The Morgan fingerprint density at radius 2 is 1.94 bits per heavy atom. The number of carbonyl (C=O) groups is 1. The summed E-state index contributed by atoms with van der Waals surface area (Å²) in [5.74, 6) is -0.358. The molecule has 1 atom stereocenters. The number of amides is 1. The highest BCUT2D eigenvalue weighted by Gasteiger charge is 2.44. The minimum Gasteiger partial charge on any atom is -0.325 e. The highest BCUT2D eigenvalue weighted by atomic mass is 19.4. The normalized spacial score (nSPS) is 23.4. The SMILES string of the molecule is CC1(CCC(F)(F)F)C(=O)Nc2ccccc21. The molecule has 0 fully saturated rings. The number of alkyl halides is 3. The van der Waals surface area contributed by atoms with Gasteiger partial charge in [0.15, 0.2) is 0 Å². The first-order chi connectivity index (χ1) is 7.83. The number of fused-ring (bicyclic) bond motifs is 1. The molecule has 1 aliphatic heterocycles. The van der Waals surface area contributed by atoms with Gasteiger partial charge in [0.25, 0.3) is 0 Å². The van der Waals surface area contributed by atoms with Crippen LogP contribution in [0.1, 0.15) is 25.3 Å². The maximum Gasteiger partial charge on any atom is 0.389 e. The maximum atomic E-state index is 12.3. The van der Waals surface area contributed by atoms with Crippen LogP contribution in [-0.4, -0.2) is 12.1 Å². The number of nitrogens with one attached hydrogen (secondary N) is 1. The first kappa shape index (κ1) is 12.0. The zero-order valence-electron chi connectivity index (χ0n) is 9.27. The number of benzene rings is 1. The van der Waals surface area contributed by atoms with Crippen LogP contribution in [0.3, 0.4) is 0 Å². The van der Waals surface area contributed by atoms with Gasteiger partial charge in [-0.05, 0) is 25.0 Å². The van der Waals surface area contributed by atoms with Crippen molar-refractivity contribution in [2.45, 2.75) is 31.4 Å². The van der Waals surface area contributed by atoms with E-state index in [1.165, 1.54) is 0 Å². The average Bonchev–Trinajstić information content (AvgIpc) is 2.49. The third kappa shape index (κ3) is 2.14. The van der Waals surface area contributed by atoms with Crippen LogP contribution in [0, 0.1) is 0 Å². The standard InChI is InChI=1S/C12H12F3NO/c1-11(6-7-12(13,14)15)8-4-2-3-5-9(8)16-10(11)17/h2-5H,6-7H2,1H3,(H,16,17). The molecule has 0 saturated carbocycles. The zero-order chi connectivity index (χ0) is 12.7. The molecular weight excluding hydrogens is 231 g/mol. The quantitative estimate of drug-likeness (QED) is 0.848. The fraction of sp³-hybridized carbons (Fsp3) is 0.417. The van der Waals surface area contributed by atoms with Crippen LogP contribution in [0.2, 0.25) is 0 Å². The van der Waals surface area contributed by atoms with Crippen LogP contribution >= 0.6 is 0 Å². The van der Waals surface area contributed by atoms with Crippen molar-refractivity contribution in [1.29, 1.82) is 0 Å². The molecule has 0 spiro atoms. The van der Waals surface area contributed by atoms with Crippen LogP contribution in [-0.2, 0) is 10.2 Å². The van der Waals surface area contributed by atoms with Gasteiger partial charge in [-0.1, -0.05) is 18.2 Å². The molecule has 0 bridgehead atoms. The summed E-state index contributed by atoms with van der Waals surface area (Å²) in [5.41, 5.74) is 0.183. The molecule has 0 aromatic heterocycles. The Morgan fingerprint density at radius 1 is 1.29 bits per heavy atom. The molecule has 2 rings (SSSR count). The van der Waals surface area contributed by atoms with E-state index >= 15 is 0 Å². The lowest BCUT2D eigenvalue weighted by molar-refractivity contribution is -0.140. The molecule has 1 amide bonds. The molecule has 0 radical (unpaired) electrons. The third-order valence-electron chi connectivity index (χ3n) is 3.18. The monoisotopic (exact) mass is 243 g/mol. The largest absolute Gasteiger partial charge is 0.389 e. The van der Waals surface area contributed by atoms with Gasteiger partial charge in [-0.3, -0.25) is 4.79 Å². The van der Waals surface area contributed by atoms with E-state index in [-0.39, 0.29) is 12.3 Å². The third-order valence-corrected chi connectivity index (χ3v) is 3.18. The Balaban J connectivity index is 2.28. The first-order valence-corrected chi connectivity index (χ1v) is 5.31. The molecule has 5 heteroatoms. The predicted octanol–water partition coefficient (Wildman–Crippen LogP) is 3.24. The second-order valence-electron chi connectivity index (χ2n) is 4.45. The van der Waals surface area contributed by atoms with Crippen molar-refractivity contribution in [1.82, 2.24) is 0 Å². The van der Waals surface area contributed by atoms with Gasteiger partial charge in [0.05, 0.1) is 5.41 Å². The van der Waals surface area contributed by atoms with Crippen LogP contribution < -0.4 is 5.32 Å². The molecule has 1 aromatic rings. The highest BCUT2D eigenvalue weighted by molar-refractivity contribution is 6.05. The number of hydrogen-bond acceptors (Lipinski definition) is 1. The van der Waals surface area contributed by atoms with Crippen molar-refractivity contribution in [2.75, 3.05) is 5.32 Å². The predicted molar refractivity (Wildman–Crippen MR) is 57.7 cm³/mol. The van der Waals surface area contributed by atoms with Gasteiger partial charge in [-0.25, -0.2) is 0 Å². The summed E-state index contributed by atoms with van der Waals surface area (Å²) < 4.78 is 36.8. The van der Waals surface area contributed by atoms with E-state index in [1.807, 2.05) is 0 Å². The van der Waals surface area contributed by atoms with Crippen molar-refractivity contribution in [2.24, 2.45) is 0 Å². The van der Waals surface area contributed by atoms with Gasteiger partial charge in [-0.2, -0.15) is 13.2 Å². The molecule has 1 aromatic carbocycles. The van der Waals surface area contributed by atoms with E-state index in [0.717, 1.165) is 0 Å². The zero-order valence-corrected chi connectivity index (χ0v) is 9.27. The lowest BCUT2D eigenvalue weighted by Gasteiger charge is -2.22. The van der Waals surface area contributed by atoms with Crippen LogP contribution in [0.15, 0.2) is 24.3 Å². The number of para-hydroxylation sites is 1. The van der Waals surface area contributed by atoms with Crippen molar-refractivity contribution in [3.8, 4) is 0 Å². The molecule has 0 saturated heterocycles. The summed E-state index contributed by atoms with van der Waals surface area (Å²) in [5, 5.41) is 2.62. The number of anilines is 1. The van der Waals surface area contributed by atoms with Crippen molar-refractivity contribution >= 4 is 11.6 Å². The Labute approximate surface area is 96.8 Å². The van der Waals surface area contributed by atoms with Gasteiger partial charge in [0, 0.05) is 12.1 Å². The van der Waals surface area contributed by atoms with E-state index in [1.54, 1.807) is 31.2 Å². The van der Waals surface area contributed by atoms with E-state index in [9.17, 15) is 18.0 Å². The lowest BCUT2D eigenvalue weighted by atomic mass is 9.79. The number of halogens is 3. The van der Waals surface area contributed by atoms with Crippen LogP contribution in [0.25, 0.3) is 0 Å². The van der Waals surface area contributed by atoms with Crippen LogP contribution in [0.5, 0.6) is 0 Å². The van der Waals surface area contributed by atoms with Gasteiger partial charge in [0.2, 0.25) is 5.91 Å². The Kier molecular flexibility index (Phi) is 2.64. The molecule has 92 valence electrons. The second-order valence-corrected chi connectivity index (χ2v) is 4.45. The topological polar surface area (TPSA) is 29.1 Å². The van der Waals surface area contributed by atoms with Gasteiger partial charge >= 0.3 is 6.18 Å². The summed E-state index contributed by atoms with van der Waals surface area (Å²) in [6.45, 7) is 1.56. The van der Waals surface area contributed by atoms with E-state index < -0.39 is 18.0 Å². The van der Waals surface area contributed by atoms with Gasteiger partial charge < -0.3 is 5.32 Å². The number of carbonyl (C=O) groups excluding carboxylic acids is 1. The molecule has 1 N–H and O–H groups in total. The Hall–Kier alpha value is -1.52. The first-order valence-electron chi connectivity index (χ1n) is 5.31. The maximum absolute atomic E-state index is 12.3. The van der Waals surface area contributed by atoms with Crippen LogP contribution in [0.4, 0.5) is 18.9 Å². The van der Waals surface area contributed by atoms with E-state index in [4.69, 9.17) is 0 Å². The second kappa shape index (κ2) is 3.75. The molecule has 1 unspecified atom stereocenters. The lowest BCUT2D eigenvalue weighted by Crippen LogP contribution is -2.32. The molecular formula is C12H12F3NO. The van der Waals surface area contributed by atoms with Crippen molar-refractivity contribution in [3.05, 3.63) is 29.8 Å². The minimum atomic E-state index is -4.24. The Morgan fingerprint density at radius 3 is 2.59 bits per heavy atom. The van der Waals surface area contributed by atoms with E-state index in [0.29, 0.717) is 11.3 Å². The molecule has 1 aliphatic rings. The minimum absolute atomic E-state index is 0.223. The molecule has 2 nitrogen and oxygen atoms in total. The van der Waals surface area contributed by atoms with Gasteiger partial charge in [0.1, 0.15) is 0 Å². The van der Waals surface area contributed by atoms with Gasteiger partial charge in [-0.15, -0.1) is 0 Å². The van der Waals surface area contributed by atoms with E-state index in [2.05, 4.69) is 5.32 Å². The Bertz CT molecular complexity index is 455. The molecule has 17 heavy (non-hydrogen) atoms. The fourth-order valence-electron chi connectivity index (χ4n) is 2.10. The van der Waals surface area contributed by atoms with Crippen molar-refractivity contribution in [3.63, 3.8) is 0 Å².